The molecule has 0 radical (unpaired) electrons. The highest BCUT2D eigenvalue weighted by Gasteiger charge is 2.18. The summed E-state index contributed by atoms with van der Waals surface area (Å²) in [7, 11) is 0. The summed E-state index contributed by atoms with van der Waals surface area (Å²) >= 11 is 6.16. The van der Waals surface area contributed by atoms with E-state index in [2.05, 4.69) is 10.6 Å². The second-order valence-corrected chi connectivity index (χ2v) is 5.55. The maximum atomic E-state index is 12.4. The Morgan fingerprint density at radius 2 is 1.87 bits per heavy atom. The number of benzene rings is 1. The fourth-order valence-corrected chi connectivity index (χ4v) is 2.47. The van der Waals surface area contributed by atoms with Crippen molar-refractivity contribution in [1.29, 1.82) is 0 Å². The second-order valence-electron chi connectivity index (χ2n) is 5.14. The average Bonchev–Trinajstić information content (AvgIpc) is 3.04. The summed E-state index contributed by atoms with van der Waals surface area (Å²) in [4.78, 5) is 23.8. The predicted octanol–water partition coefficient (Wildman–Crippen LogP) is 4.08. The number of carbonyl (C=O) groups excluding carboxylic acids is 2. The number of nitrogens with zero attached hydrogens (tertiary/aromatic N) is 1. The van der Waals surface area contributed by atoms with Gasteiger partial charge in [0, 0.05) is 24.5 Å². The van der Waals surface area contributed by atoms with Gasteiger partial charge in [0.2, 0.25) is 11.8 Å². The molecule has 0 unspecified atom stereocenters. The van der Waals surface area contributed by atoms with Gasteiger partial charge in [0.1, 0.15) is 6.04 Å². The summed E-state index contributed by atoms with van der Waals surface area (Å²) in [6.45, 7) is 3.73. The lowest BCUT2D eigenvalue weighted by atomic mass is 10.2. The molecule has 2 rings (SSSR count). The van der Waals surface area contributed by atoms with Gasteiger partial charge in [-0.05, 0) is 36.8 Å². The summed E-state index contributed by atoms with van der Waals surface area (Å²) in [5.41, 5.74) is 1.13. The van der Waals surface area contributed by atoms with E-state index in [1.54, 1.807) is 25.1 Å². The topological polar surface area (TPSA) is 63.1 Å². The van der Waals surface area contributed by atoms with Crippen molar-refractivity contribution < 1.29 is 9.59 Å². The molecule has 2 aromatic rings. The average molecular weight is 334 g/mol. The SMILES string of the molecule is CCC(=O)Nc1ccc(NC(=O)[C@H](CC)n2cccc2)cc1Cl. The van der Waals surface area contributed by atoms with E-state index in [9.17, 15) is 9.59 Å². The van der Waals surface area contributed by atoms with Crippen molar-refractivity contribution in [3.63, 3.8) is 0 Å². The molecule has 2 amide bonds. The third kappa shape index (κ3) is 4.36. The number of nitrogens with one attached hydrogen (secondary N) is 2. The first-order valence-electron chi connectivity index (χ1n) is 7.57. The lowest BCUT2D eigenvalue weighted by Gasteiger charge is -2.17. The first-order valence-corrected chi connectivity index (χ1v) is 7.95. The van der Waals surface area contributed by atoms with Gasteiger partial charge in [0.25, 0.3) is 0 Å². The molecule has 122 valence electrons. The molecule has 0 bridgehead atoms. The molecule has 0 spiro atoms. The summed E-state index contributed by atoms with van der Waals surface area (Å²) in [5.74, 6) is -0.215. The van der Waals surface area contributed by atoms with E-state index in [0.29, 0.717) is 29.2 Å². The largest absolute Gasteiger partial charge is 0.342 e. The lowest BCUT2D eigenvalue weighted by Crippen LogP contribution is -2.24. The molecule has 0 aliphatic heterocycles. The zero-order valence-electron chi connectivity index (χ0n) is 13.2. The van der Waals surface area contributed by atoms with Crippen LogP contribution in [0.15, 0.2) is 42.7 Å². The van der Waals surface area contributed by atoms with Crippen LogP contribution >= 0.6 is 11.6 Å². The first-order chi connectivity index (χ1) is 11.0. The van der Waals surface area contributed by atoms with Crippen molar-refractivity contribution in [1.82, 2.24) is 4.57 Å². The number of halogens is 1. The van der Waals surface area contributed by atoms with Crippen molar-refractivity contribution in [3.8, 4) is 0 Å². The van der Waals surface area contributed by atoms with Crippen LogP contribution in [0.2, 0.25) is 5.02 Å². The number of carbonyl (C=O) groups is 2. The first kappa shape index (κ1) is 17.1. The van der Waals surface area contributed by atoms with E-state index in [1.807, 2.05) is 36.0 Å². The molecule has 1 atom stereocenters. The zero-order valence-corrected chi connectivity index (χ0v) is 13.9. The van der Waals surface area contributed by atoms with E-state index in [1.165, 1.54) is 0 Å². The molecule has 5 nitrogen and oxygen atoms in total. The quantitative estimate of drug-likeness (QED) is 0.836. The van der Waals surface area contributed by atoms with Gasteiger partial charge >= 0.3 is 0 Å². The molecule has 23 heavy (non-hydrogen) atoms. The smallest absolute Gasteiger partial charge is 0.247 e. The fourth-order valence-electron chi connectivity index (χ4n) is 2.25. The van der Waals surface area contributed by atoms with Crippen LogP contribution in [0.1, 0.15) is 32.7 Å². The Labute approximate surface area is 140 Å². The minimum absolute atomic E-state index is 0.106. The summed E-state index contributed by atoms with van der Waals surface area (Å²) in [6.07, 6.45) is 4.79. The fraction of sp³-hybridized carbons (Fsp3) is 0.294. The number of hydrogen-bond acceptors (Lipinski definition) is 2. The third-order valence-electron chi connectivity index (χ3n) is 3.51. The normalized spacial score (nSPS) is 11.8. The molecule has 6 heteroatoms. The van der Waals surface area contributed by atoms with Crippen LogP contribution in [0.4, 0.5) is 11.4 Å². The van der Waals surface area contributed by atoms with Gasteiger partial charge in [-0.3, -0.25) is 9.59 Å². The number of rotatable bonds is 6. The zero-order chi connectivity index (χ0) is 16.8. The van der Waals surface area contributed by atoms with Crippen LogP contribution < -0.4 is 10.6 Å². The molecular formula is C17H20ClN3O2. The Kier molecular flexibility index (Phi) is 5.82. The van der Waals surface area contributed by atoms with E-state index in [0.717, 1.165) is 0 Å². The maximum Gasteiger partial charge on any atom is 0.247 e. The molecule has 0 aliphatic rings. The highest BCUT2D eigenvalue weighted by atomic mass is 35.5. The van der Waals surface area contributed by atoms with Crippen molar-refractivity contribution >= 4 is 34.8 Å². The second kappa shape index (κ2) is 7.83. The van der Waals surface area contributed by atoms with Gasteiger partial charge in [0.15, 0.2) is 0 Å². The highest BCUT2D eigenvalue weighted by molar-refractivity contribution is 6.34. The van der Waals surface area contributed by atoms with Gasteiger partial charge in [-0.2, -0.15) is 0 Å². The lowest BCUT2D eigenvalue weighted by molar-refractivity contribution is -0.119. The van der Waals surface area contributed by atoms with Gasteiger partial charge in [-0.25, -0.2) is 0 Å². The third-order valence-corrected chi connectivity index (χ3v) is 3.82. The van der Waals surface area contributed by atoms with Gasteiger partial charge in [-0.15, -0.1) is 0 Å². The Morgan fingerprint density at radius 3 is 2.43 bits per heavy atom. The van der Waals surface area contributed by atoms with Gasteiger partial charge < -0.3 is 15.2 Å². The molecule has 0 saturated heterocycles. The number of amides is 2. The molecule has 0 fully saturated rings. The standard InChI is InChI=1S/C17H20ClN3O2/c1-3-15(21-9-5-6-10-21)17(23)19-12-7-8-14(13(18)11-12)20-16(22)4-2/h5-11,15H,3-4H2,1-2H3,(H,19,23)(H,20,22)/t15-/m0/s1. The van der Waals surface area contributed by atoms with E-state index in [4.69, 9.17) is 11.6 Å². The summed E-state index contributed by atoms with van der Waals surface area (Å²) < 4.78 is 1.87. The highest BCUT2D eigenvalue weighted by Crippen LogP contribution is 2.26. The molecule has 0 aliphatic carbocycles. The molecule has 0 saturated carbocycles. The number of anilines is 2. The van der Waals surface area contributed by atoms with Gasteiger partial charge in [-0.1, -0.05) is 25.4 Å². The van der Waals surface area contributed by atoms with Crippen LogP contribution in [-0.4, -0.2) is 16.4 Å². The molecule has 1 aromatic heterocycles. The van der Waals surface area contributed by atoms with Gasteiger partial charge in [0.05, 0.1) is 10.7 Å². The monoisotopic (exact) mass is 333 g/mol. The predicted molar refractivity (Wildman–Crippen MR) is 92.8 cm³/mol. The maximum absolute atomic E-state index is 12.4. The van der Waals surface area contributed by atoms with E-state index in [-0.39, 0.29) is 17.9 Å². The molecule has 1 aromatic carbocycles. The summed E-state index contributed by atoms with van der Waals surface area (Å²) in [5, 5.41) is 5.96. The van der Waals surface area contributed by atoms with Crippen molar-refractivity contribution in [2.45, 2.75) is 32.7 Å². The Morgan fingerprint density at radius 1 is 1.17 bits per heavy atom. The molecular weight excluding hydrogens is 314 g/mol. The minimum Gasteiger partial charge on any atom is -0.342 e. The van der Waals surface area contributed by atoms with Crippen LogP contribution in [0.25, 0.3) is 0 Å². The molecule has 2 N–H and O–H groups in total. The van der Waals surface area contributed by atoms with Crippen molar-refractivity contribution in [2.75, 3.05) is 10.6 Å². The Bertz CT molecular complexity index is 683. The van der Waals surface area contributed by atoms with Crippen LogP contribution in [0.5, 0.6) is 0 Å². The number of hydrogen-bond donors (Lipinski definition) is 2. The Hall–Kier alpha value is -2.27. The molecule has 1 heterocycles. The number of aromatic nitrogens is 1. The van der Waals surface area contributed by atoms with Crippen molar-refractivity contribution in [3.05, 3.63) is 47.7 Å². The van der Waals surface area contributed by atoms with E-state index < -0.39 is 0 Å². The van der Waals surface area contributed by atoms with Crippen LogP contribution in [0.3, 0.4) is 0 Å². The Balaban J connectivity index is 2.09. The minimum atomic E-state index is -0.275. The van der Waals surface area contributed by atoms with E-state index >= 15 is 0 Å². The van der Waals surface area contributed by atoms with Crippen molar-refractivity contribution in [2.24, 2.45) is 0 Å². The summed E-state index contributed by atoms with van der Waals surface area (Å²) in [6, 6.07) is 8.53. The van der Waals surface area contributed by atoms with Crippen LogP contribution in [0, 0.1) is 0 Å². The van der Waals surface area contributed by atoms with Crippen LogP contribution in [-0.2, 0) is 9.59 Å².